The second kappa shape index (κ2) is 19.6. The number of nitrogens with zero attached hydrogens (tertiary/aromatic N) is 6. The lowest BCUT2D eigenvalue weighted by molar-refractivity contribution is 0.0737. The van der Waals surface area contributed by atoms with E-state index in [1.807, 2.05) is 63.4 Å². The molecule has 0 saturated carbocycles. The Morgan fingerprint density at radius 2 is 1.47 bits per heavy atom. The van der Waals surface area contributed by atoms with Crippen LogP contribution in [0.4, 0.5) is 34.9 Å². The second-order valence-corrected chi connectivity index (χ2v) is 14.3. The van der Waals surface area contributed by atoms with Gasteiger partial charge in [0.1, 0.15) is 30.1 Å². The highest BCUT2D eigenvalue weighted by Crippen LogP contribution is 2.32. The van der Waals surface area contributed by atoms with Crippen LogP contribution in [0.1, 0.15) is 36.2 Å². The summed E-state index contributed by atoms with van der Waals surface area (Å²) in [5.41, 5.74) is 4.45. The highest BCUT2D eigenvalue weighted by atomic mass is 16.5. The molecule has 2 aromatic carbocycles. The minimum absolute atomic E-state index is 0.130. The zero-order valence-corrected chi connectivity index (χ0v) is 32.8. The summed E-state index contributed by atoms with van der Waals surface area (Å²) in [5, 5.41) is 27.7. The zero-order chi connectivity index (χ0) is 38.6. The van der Waals surface area contributed by atoms with Gasteiger partial charge in [0.05, 0.1) is 14.2 Å². The molecule has 0 amide bonds. The van der Waals surface area contributed by atoms with Crippen LogP contribution < -0.4 is 40.8 Å². The van der Waals surface area contributed by atoms with Gasteiger partial charge in [0.2, 0.25) is 11.9 Å². The van der Waals surface area contributed by atoms with E-state index in [1.54, 1.807) is 14.2 Å². The van der Waals surface area contributed by atoms with Crippen LogP contribution in [0.15, 0.2) is 48.5 Å². The number of benzene rings is 2. The molecule has 2 fully saturated rings. The molecule has 15 nitrogen and oxygen atoms in total. The lowest BCUT2D eigenvalue weighted by Crippen LogP contribution is -2.34. The molecule has 2 unspecified atom stereocenters. The van der Waals surface area contributed by atoms with Crippen molar-refractivity contribution in [2.45, 2.75) is 45.8 Å². The zero-order valence-electron chi connectivity index (χ0n) is 32.8. The third kappa shape index (κ3) is 11.8. The predicted octanol–water partition coefficient (Wildman–Crippen LogP) is 4.79. The summed E-state index contributed by atoms with van der Waals surface area (Å²) >= 11 is 0. The molecule has 6 rings (SSSR count). The topological polar surface area (TPSA) is 166 Å². The van der Waals surface area contributed by atoms with Gasteiger partial charge in [-0.15, -0.1) is 0 Å². The van der Waals surface area contributed by atoms with E-state index in [4.69, 9.17) is 19.2 Å². The highest BCUT2D eigenvalue weighted by molar-refractivity contribution is 5.61. The van der Waals surface area contributed by atoms with Crippen molar-refractivity contribution < 1.29 is 19.3 Å². The first-order valence-electron chi connectivity index (χ1n) is 19.2. The average Bonchev–Trinajstić information content (AvgIpc) is 3.87. The first-order chi connectivity index (χ1) is 26.8. The average molecular weight is 756 g/mol. The molecule has 2 aliphatic rings. The van der Waals surface area contributed by atoms with Crippen molar-refractivity contribution >= 4 is 34.9 Å². The lowest BCUT2D eigenvalue weighted by Gasteiger charge is -2.21. The Hall–Kier alpha value is -4.96. The van der Waals surface area contributed by atoms with Crippen LogP contribution in [0.2, 0.25) is 0 Å². The standard InChI is InChI=1S/C40H57N11O4/c1-27-18-37(41-3)48-39(44-27)47-32-9-11-35(54-5)36(21-32)55-26-33(52)25-51-16-12-29(24-51)22-43-38-19-28(2)45-40(49-38)46-31-8-10-34(53-4)30(20-31)23-42-13-17-50-14-6-7-15-50/h8-11,18-21,29,33,42,52H,6-7,12-17,22-26H2,1-5H3,(H2,41,44,47,48)(H2,43,45,46,49). The van der Waals surface area contributed by atoms with Crippen molar-refractivity contribution in [3.63, 3.8) is 0 Å². The number of hydrogen-bond donors (Lipinski definition) is 6. The molecule has 0 radical (unpaired) electrons. The molecule has 55 heavy (non-hydrogen) atoms. The summed E-state index contributed by atoms with van der Waals surface area (Å²) in [6.07, 6.45) is 2.96. The van der Waals surface area contributed by atoms with Crippen LogP contribution in [-0.4, -0.2) is 121 Å². The number of anilines is 6. The van der Waals surface area contributed by atoms with Gasteiger partial charge >= 0.3 is 0 Å². The molecule has 2 aliphatic heterocycles. The quantitative estimate of drug-likeness (QED) is 0.0682. The first kappa shape index (κ1) is 39.7. The van der Waals surface area contributed by atoms with Gasteiger partial charge in [0.15, 0.2) is 11.5 Å². The lowest BCUT2D eigenvalue weighted by atomic mass is 10.1. The minimum atomic E-state index is -0.673. The summed E-state index contributed by atoms with van der Waals surface area (Å²) < 4.78 is 17.2. The number of aryl methyl sites for hydroxylation is 2. The number of ether oxygens (including phenoxy) is 3. The number of aliphatic hydroxyl groups excluding tert-OH is 1. The number of nitrogens with one attached hydrogen (secondary N) is 5. The maximum Gasteiger partial charge on any atom is 0.229 e. The fourth-order valence-electron chi connectivity index (χ4n) is 7.08. The van der Waals surface area contributed by atoms with E-state index in [-0.39, 0.29) is 6.61 Å². The molecule has 4 heterocycles. The number of likely N-dealkylation sites (tertiary alicyclic amines) is 2. The molecule has 4 aromatic rings. The van der Waals surface area contributed by atoms with Crippen LogP contribution in [0, 0.1) is 19.8 Å². The molecule has 2 aromatic heterocycles. The SMILES string of the molecule is CNc1cc(C)nc(Nc2ccc(OC)c(OCC(O)CN3CCC(CNc4cc(C)nc(Nc5ccc(OC)c(CNCCN6CCCC6)c5)n4)C3)c2)n1. The summed E-state index contributed by atoms with van der Waals surface area (Å²) in [7, 11) is 5.12. The molecular weight excluding hydrogens is 699 g/mol. The molecule has 296 valence electrons. The van der Waals surface area contributed by atoms with Gasteiger partial charge in [-0.2, -0.15) is 9.97 Å². The van der Waals surface area contributed by atoms with E-state index in [1.165, 1.54) is 25.9 Å². The molecule has 15 heteroatoms. The van der Waals surface area contributed by atoms with Crippen molar-refractivity contribution in [2.24, 2.45) is 5.92 Å². The Morgan fingerprint density at radius 1 is 0.800 bits per heavy atom. The molecule has 2 atom stereocenters. The van der Waals surface area contributed by atoms with Gasteiger partial charge in [0.25, 0.3) is 0 Å². The molecule has 2 saturated heterocycles. The number of methoxy groups -OCH3 is 2. The van der Waals surface area contributed by atoms with E-state index in [0.29, 0.717) is 35.9 Å². The Labute approximate surface area is 324 Å². The third-order valence-corrected chi connectivity index (χ3v) is 9.88. The molecular formula is C40H57N11O4. The van der Waals surface area contributed by atoms with Gasteiger partial charge in [-0.3, -0.25) is 0 Å². The van der Waals surface area contributed by atoms with Crippen LogP contribution >= 0.6 is 0 Å². The third-order valence-electron chi connectivity index (χ3n) is 9.88. The van der Waals surface area contributed by atoms with Crippen molar-refractivity contribution in [1.82, 2.24) is 35.1 Å². The van der Waals surface area contributed by atoms with E-state index in [9.17, 15) is 5.11 Å². The first-order valence-corrected chi connectivity index (χ1v) is 19.2. The van der Waals surface area contributed by atoms with Gasteiger partial charge in [-0.05, 0) is 89.0 Å². The largest absolute Gasteiger partial charge is 0.496 e. The normalized spacial score (nSPS) is 16.5. The highest BCUT2D eigenvalue weighted by Gasteiger charge is 2.25. The van der Waals surface area contributed by atoms with E-state index in [0.717, 1.165) is 91.4 Å². The Balaban J connectivity index is 0.957. The number of aliphatic hydroxyl groups is 1. The monoisotopic (exact) mass is 755 g/mol. The van der Waals surface area contributed by atoms with Crippen LogP contribution in [0.3, 0.4) is 0 Å². The fraction of sp³-hybridized carbons (Fsp3) is 0.500. The molecule has 0 bridgehead atoms. The second-order valence-electron chi connectivity index (χ2n) is 14.3. The maximum absolute atomic E-state index is 10.9. The Bertz CT molecular complexity index is 1840. The van der Waals surface area contributed by atoms with Crippen LogP contribution in [-0.2, 0) is 6.54 Å². The van der Waals surface area contributed by atoms with E-state index >= 15 is 0 Å². The Morgan fingerprint density at radius 3 is 2.18 bits per heavy atom. The molecule has 0 aliphatic carbocycles. The van der Waals surface area contributed by atoms with Crippen LogP contribution in [0.25, 0.3) is 0 Å². The van der Waals surface area contributed by atoms with Crippen molar-refractivity contribution in [3.8, 4) is 17.2 Å². The van der Waals surface area contributed by atoms with Crippen molar-refractivity contribution in [2.75, 3.05) is 101 Å². The number of rotatable bonds is 20. The summed E-state index contributed by atoms with van der Waals surface area (Å²) in [4.78, 5) is 23.1. The van der Waals surface area contributed by atoms with Crippen LogP contribution in [0.5, 0.6) is 17.2 Å². The van der Waals surface area contributed by atoms with Gasteiger partial charge in [0, 0.05) is 92.8 Å². The smallest absolute Gasteiger partial charge is 0.229 e. The van der Waals surface area contributed by atoms with Crippen molar-refractivity contribution in [1.29, 1.82) is 0 Å². The number of β-amino-alcohol motifs (C(OH)–C–C–N with tert-alkyl or cyclic N) is 1. The summed E-state index contributed by atoms with van der Waals surface area (Å²) in [6.45, 7) is 12.2. The number of hydrogen-bond acceptors (Lipinski definition) is 15. The summed E-state index contributed by atoms with van der Waals surface area (Å²) in [5.74, 6) is 4.89. The number of aromatic nitrogens is 4. The summed E-state index contributed by atoms with van der Waals surface area (Å²) in [6, 6.07) is 15.4. The fourth-order valence-corrected chi connectivity index (χ4v) is 7.08. The predicted molar refractivity (Wildman–Crippen MR) is 218 cm³/mol. The van der Waals surface area contributed by atoms with Gasteiger partial charge < -0.3 is 55.7 Å². The maximum atomic E-state index is 10.9. The van der Waals surface area contributed by atoms with E-state index in [2.05, 4.69) is 57.4 Å². The van der Waals surface area contributed by atoms with Crippen molar-refractivity contribution in [3.05, 3.63) is 65.5 Å². The Kier molecular flexibility index (Phi) is 14.1. The van der Waals surface area contributed by atoms with E-state index < -0.39 is 6.10 Å². The minimum Gasteiger partial charge on any atom is -0.496 e. The van der Waals surface area contributed by atoms with Gasteiger partial charge in [-0.25, -0.2) is 9.97 Å². The molecule has 6 N–H and O–H groups in total. The van der Waals surface area contributed by atoms with Gasteiger partial charge in [-0.1, -0.05) is 0 Å². The molecule has 0 spiro atoms.